The monoisotopic (exact) mass is 100 g/mol. The topological polar surface area (TPSA) is 20.2 Å². The minimum Gasteiger partial charge on any atom is -0.390 e. The third kappa shape index (κ3) is 3.80. The van der Waals surface area contributed by atoms with Gasteiger partial charge >= 0.3 is 0 Å². The highest BCUT2D eigenvalue weighted by Gasteiger charge is 1.94. The molecule has 2 radical (unpaired) electrons. The van der Waals surface area contributed by atoms with Gasteiger partial charge in [-0.3, -0.25) is 0 Å². The molecule has 0 aliphatic heterocycles. The molecule has 0 aliphatic carbocycles. The van der Waals surface area contributed by atoms with E-state index in [0.717, 1.165) is 12.8 Å². The van der Waals surface area contributed by atoms with E-state index in [9.17, 15) is 0 Å². The zero-order valence-corrected chi connectivity index (χ0v) is 4.72. The summed E-state index contributed by atoms with van der Waals surface area (Å²) in [5.41, 5.74) is 0. The number of aliphatic hydroxyl groups excluding tert-OH is 1. The van der Waals surface area contributed by atoms with Gasteiger partial charge in [0, 0.05) is 0 Å². The van der Waals surface area contributed by atoms with E-state index in [1.54, 1.807) is 0 Å². The number of rotatable bonds is 3. The van der Waals surface area contributed by atoms with Gasteiger partial charge in [-0.15, -0.1) is 0 Å². The summed E-state index contributed by atoms with van der Waals surface area (Å²) in [6, 6.07) is 0. The van der Waals surface area contributed by atoms with E-state index >= 15 is 0 Å². The molecule has 0 aromatic carbocycles. The van der Waals surface area contributed by atoms with Crippen molar-refractivity contribution < 1.29 is 5.11 Å². The van der Waals surface area contributed by atoms with Crippen LogP contribution in [0.4, 0.5) is 0 Å². The van der Waals surface area contributed by atoms with E-state index in [1.165, 1.54) is 6.61 Å². The smallest absolute Gasteiger partial charge is 0.0801 e. The van der Waals surface area contributed by atoms with E-state index in [-0.39, 0.29) is 0 Å². The van der Waals surface area contributed by atoms with Gasteiger partial charge in [-0.25, -0.2) is 0 Å². The molecule has 0 rings (SSSR count). The highest BCUT2D eigenvalue weighted by Crippen LogP contribution is 2.05. The fraction of sp³-hybridized carbons (Fsp3) is 0.667. The second kappa shape index (κ2) is 4.13. The zero-order chi connectivity index (χ0) is 5.70. The summed E-state index contributed by atoms with van der Waals surface area (Å²) in [4.78, 5) is 0. The van der Waals surface area contributed by atoms with Crippen molar-refractivity contribution in [2.75, 3.05) is 0 Å². The molecule has 0 aliphatic rings. The lowest BCUT2D eigenvalue weighted by Crippen LogP contribution is -1.90. The Morgan fingerprint density at radius 1 is 1.86 bits per heavy atom. The third-order valence-electron chi connectivity index (χ3n) is 1.02. The molecular formula is C6H12O. The molecule has 0 bridgehead atoms. The Kier molecular flexibility index (Phi) is 4.10. The number of hydrogen-bond donors (Lipinski definition) is 1. The maximum Gasteiger partial charge on any atom is 0.0801 e. The Morgan fingerprint density at radius 2 is 2.43 bits per heavy atom. The predicted octanol–water partition coefficient (Wildman–Crippen LogP) is 1.77. The molecule has 42 valence electrons. The van der Waals surface area contributed by atoms with Gasteiger partial charge in [0.25, 0.3) is 0 Å². The standard InChI is InChI=1S/C6H12O/c1-3-6(2)4-5-7/h5-7H,2-4H2,1H3. The van der Waals surface area contributed by atoms with Crippen LogP contribution in [0.2, 0.25) is 0 Å². The molecule has 0 saturated heterocycles. The summed E-state index contributed by atoms with van der Waals surface area (Å²) in [5.74, 6) is 0.394. The Hall–Kier alpha value is -0.0400. The summed E-state index contributed by atoms with van der Waals surface area (Å²) in [6.07, 6.45) is 1.76. The molecule has 1 N–H and O–H groups in total. The van der Waals surface area contributed by atoms with Crippen LogP contribution in [0.25, 0.3) is 0 Å². The first-order chi connectivity index (χ1) is 3.31. The molecule has 0 heterocycles. The van der Waals surface area contributed by atoms with E-state index in [1.807, 2.05) is 0 Å². The summed E-state index contributed by atoms with van der Waals surface area (Å²) >= 11 is 0. The molecule has 1 atom stereocenters. The van der Waals surface area contributed by atoms with Crippen LogP contribution in [-0.2, 0) is 0 Å². The first kappa shape index (κ1) is 6.96. The van der Waals surface area contributed by atoms with Crippen molar-refractivity contribution in [2.24, 2.45) is 5.92 Å². The van der Waals surface area contributed by atoms with Gasteiger partial charge < -0.3 is 5.11 Å². The average molecular weight is 100 g/mol. The van der Waals surface area contributed by atoms with Gasteiger partial charge in [-0.1, -0.05) is 20.3 Å². The van der Waals surface area contributed by atoms with Gasteiger partial charge in [0.05, 0.1) is 6.61 Å². The van der Waals surface area contributed by atoms with Crippen molar-refractivity contribution in [3.63, 3.8) is 0 Å². The lowest BCUT2D eigenvalue weighted by Gasteiger charge is -2.01. The van der Waals surface area contributed by atoms with E-state index in [2.05, 4.69) is 13.8 Å². The summed E-state index contributed by atoms with van der Waals surface area (Å²) in [5, 5.41) is 8.20. The van der Waals surface area contributed by atoms with Gasteiger partial charge in [0.15, 0.2) is 0 Å². The molecular weight excluding hydrogens is 88.1 g/mol. The lowest BCUT2D eigenvalue weighted by molar-refractivity contribution is 0.351. The fourth-order valence-corrected chi connectivity index (χ4v) is 0.316. The van der Waals surface area contributed by atoms with Crippen LogP contribution in [0.1, 0.15) is 19.8 Å². The van der Waals surface area contributed by atoms with E-state index < -0.39 is 0 Å². The SMILES string of the molecule is [CH2]C(CC)C[CH]O. The maximum atomic E-state index is 8.20. The van der Waals surface area contributed by atoms with Crippen LogP contribution in [0, 0.1) is 19.4 Å². The van der Waals surface area contributed by atoms with Gasteiger partial charge in [0.2, 0.25) is 0 Å². The van der Waals surface area contributed by atoms with Crippen molar-refractivity contribution in [3.8, 4) is 0 Å². The Labute approximate surface area is 45.4 Å². The Balaban J connectivity index is 2.83. The quantitative estimate of drug-likeness (QED) is 0.573. The first-order valence-electron chi connectivity index (χ1n) is 2.60. The second-order valence-corrected chi connectivity index (χ2v) is 1.69. The van der Waals surface area contributed by atoms with Crippen molar-refractivity contribution >= 4 is 0 Å². The van der Waals surface area contributed by atoms with Crippen LogP contribution in [0.15, 0.2) is 0 Å². The molecule has 0 spiro atoms. The van der Waals surface area contributed by atoms with Crippen molar-refractivity contribution in [1.82, 2.24) is 0 Å². The summed E-state index contributed by atoms with van der Waals surface area (Å²) < 4.78 is 0. The van der Waals surface area contributed by atoms with Crippen molar-refractivity contribution in [1.29, 1.82) is 0 Å². The van der Waals surface area contributed by atoms with Crippen molar-refractivity contribution in [3.05, 3.63) is 13.5 Å². The van der Waals surface area contributed by atoms with Crippen LogP contribution in [-0.4, -0.2) is 5.11 Å². The molecule has 1 nitrogen and oxygen atoms in total. The van der Waals surface area contributed by atoms with Gasteiger partial charge in [-0.2, -0.15) is 0 Å². The highest BCUT2D eigenvalue weighted by atomic mass is 16.2. The molecule has 7 heavy (non-hydrogen) atoms. The first-order valence-corrected chi connectivity index (χ1v) is 2.60. The van der Waals surface area contributed by atoms with Gasteiger partial charge in [-0.05, 0) is 12.3 Å². The molecule has 0 aromatic rings. The molecule has 0 aromatic heterocycles. The number of aliphatic hydroxyl groups is 1. The molecule has 1 unspecified atom stereocenters. The minimum atomic E-state index is 0.394. The van der Waals surface area contributed by atoms with E-state index in [0.29, 0.717) is 5.92 Å². The fourth-order valence-electron chi connectivity index (χ4n) is 0.316. The minimum absolute atomic E-state index is 0.394. The largest absolute Gasteiger partial charge is 0.390 e. The van der Waals surface area contributed by atoms with Crippen LogP contribution >= 0.6 is 0 Å². The number of hydrogen-bond acceptors (Lipinski definition) is 1. The Morgan fingerprint density at radius 3 is 2.57 bits per heavy atom. The molecule has 0 fully saturated rings. The lowest BCUT2D eigenvalue weighted by atomic mass is 10.1. The van der Waals surface area contributed by atoms with Crippen molar-refractivity contribution in [2.45, 2.75) is 19.8 Å². The van der Waals surface area contributed by atoms with Crippen LogP contribution < -0.4 is 0 Å². The maximum absolute atomic E-state index is 8.20. The second-order valence-electron chi connectivity index (χ2n) is 1.69. The van der Waals surface area contributed by atoms with E-state index in [4.69, 9.17) is 5.11 Å². The average Bonchev–Trinajstić information content (AvgIpc) is 1.68. The highest BCUT2D eigenvalue weighted by molar-refractivity contribution is 4.61. The summed E-state index contributed by atoms with van der Waals surface area (Å²) in [7, 11) is 0. The summed E-state index contributed by atoms with van der Waals surface area (Å²) in [6.45, 7) is 6.98. The third-order valence-corrected chi connectivity index (χ3v) is 1.02. The predicted molar refractivity (Wildman–Crippen MR) is 30.0 cm³/mol. The van der Waals surface area contributed by atoms with Crippen LogP contribution in [0.5, 0.6) is 0 Å². The Bertz CT molecular complexity index is 35.2. The molecule has 0 saturated carbocycles. The van der Waals surface area contributed by atoms with Gasteiger partial charge in [0.1, 0.15) is 0 Å². The van der Waals surface area contributed by atoms with Crippen LogP contribution in [0.3, 0.4) is 0 Å². The molecule has 0 amide bonds. The normalized spacial score (nSPS) is 14.1. The molecule has 1 heteroatoms. The zero-order valence-electron chi connectivity index (χ0n) is 4.72.